The van der Waals surface area contributed by atoms with E-state index in [9.17, 15) is 15.3 Å². The van der Waals surface area contributed by atoms with Crippen LogP contribution in [0.5, 0.6) is 0 Å². The van der Waals surface area contributed by atoms with Crippen molar-refractivity contribution < 1.29 is 15.3 Å². The highest BCUT2D eigenvalue weighted by Crippen LogP contribution is 2.75. The third-order valence-electron chi connectivity index (χ3n) is 12.4. The van der Waals surface area contributed by atoms with Crippen LogP contribution in [0, 0.1) is 45.3 Å². The summed E-state index contributed by atoms with van der Waals surface area (Å²) in [5.74, 6) is 1.31. The number of fused-ring (bicyclic) bond motifs is 5. The van der Waals surface area contributed by atoms with E-state index in [0.717, 1.165) is 44.9 Å². The van der Waals surface area contributed by atoms with E-state index < -0.39 is 5.60 Å². The molecule has 0 radical (unpaired) electrons. The Kier molecular flexibility index (Phi) is 6.28. The molecule has 0 heterocycles. The zero-order chi connectivity index (χ0) is 24.6. The van der Waals surface area contributed by atoms with Gasteiger partial charge < -0.3 is 15.3 Å². The molecule has 0 aromatic carbocycles. The molecule has 0 aromatic rings. The van der Waals surface area contributed by atoms with Crippen LogP contribution in [0.3, 0.4) is 0 Å². The lowest BCUT2D eigenvalue weighted by molar-refractivity contribution is -0.246. The Labute approximate surface area is 203 Å². The molecule has 3 N–H and O–H groups in total. The molecule has 4 aliphatic carbocycles. The minimum absolute atomic E-state index is 0.0503. The monoisotopic (exact) mass is 460 g/mol. The Bertz CT molecular complexity index is 779. The van der Waals surface area contributed by atoms with Gasteiger partial charge >= 0.3 is 0 Å². The van der Waals surface area contributed by atoms with Gasteiger partial charge in [0.25, 0.3) is 0 Å². The first-order valence-corrected chi connectivity index (χ1v) is 13.8. The minimum Gasteiger partial charge on any atom is -0.393 e. The largest absolute Gasteiger partial charge is 0.393 e. The van der Waals surface area contributed by atoms with Crippen molar-refractivity contribution in [1.82, 2.24) is 0 Å². The summed E-state index contributed by atoms with van der Waals surface area (Å²) >= 11 is 0. The van der Waals surface area contributed by atoms with Gasteiger partial charge in [0.05, 0.1) is 17.8 Å². The van der Waals surface area contributed by atoms with Crippen molar-refractivity contribution in [2.24, 2.45) is 45.3 Å². The second-order valence-electron chi connectivity index (χ2n) is 14.5. The van der Waals surface area contributed by atoms with Crippen LogP contribution in [0.15, 0.2) is 11.6 Å². The maximum Gasteiger partial charge on any atom is 0.0654 e. The predicted molar refractivity (Wildman–Crippen MR) is 136 cm³/mol. The molecule has 3 heteroatoms. The Morgan fingerprint density at radius 1 is 0.909 bits per heavy atom. The first-order chi connectivity index (χ1) is 15.1. The standard InChI is InChI=1S/C30H52O3/c1-19(2)10-9-14-30(8,33)20-11-16-29(7)25(20)21(31)18-23-27(5)15-13-24(32)26(3,4)22(27)12-17-28(23,29)6/h10,20-25,31-33H,9,11-18H2,1-8H3/t20?,21-,22?,23?,24+,25?,27+,28-,29-,30-/m1/s1. The molecule has 4 unspecified atom stereocenters. The molecule has 4 aliphatic rings. The van der Waals surface area contributed by atoms with Crippen molar-refractivity contribution in [3.63, 3.8) is 0 Å². The molecule has 4 rings (SSSR count). The fraction of sp³-hybridized carbons (Fsp3) is 0.933. The van der Waals surface area contributed by atoms with E-state index in [4.69, 9.17) is 0 Å². The van der Waals surface area contributed by atoms with E-state index >= 15 is 0 Å². The maximum atomic E-state index is 11.8. The summed E-state index contributed by atoms with van der Waals surface area (Å²) in [6.45, 7) is 18.3. The topological polar surface area (TPSA) is 60.7 Å². The molecule has 33 heavy (non-hydrogen) atoms. The molecule has 4 saturated carbocycles. The summed E-state index contributed by atoms with van der Waals surface area (Å²) in [4.78, 5) is 0. The zero-order valence-electron chi connectivity index (χ0n) is 22.7. The lowest BCUT2D eigenvalue weighted by atomic mass is 9.35. The molecule has 190 valence electrons. The van der Waals surface area contributed by atoms with Gasteiger partial charge in [0.15, 0.2) is 0 Å². The molecular weight excluding hydrogens is 408 g/mol. The second kappa shape index (κ2) is 8.07. The summed E-state index contributed by atoms with van der Waals surface area (Å²) < 4.78 is 0. The molecule has 0 aromatic heterocycles. The van der Waals surface area contributed by atoms with Gasteiger partial charge in [-0.15, -0.1) is 0 Å². The van der Waals surface area contributed by atoms with Crippen LogP contribution >= 0.6 is 0 Å². The van der Waals surface area contributed by atoms with E-state index in [0.29, 0.717) is 11.8 Å². The number of rotatable bonds is 4. The number of hydrogen-bond acceptors (Lipinski definition) is 3. The van der Waals surface area contributed by atoms with Crippen molar-refractivity contribution in [3.8, 4) is 0 Å². The lowest BCUT2D eigenvalue weighted by Crippen LogP contribution is -2.66. The second-order valence-corrected chi connectivity index (χ2v) is 14.5. The molecule has 0 bridgehead atoms. The molecular formula is C30H52O3. The molecule has 0 aliphatic heterocycles. The third kappa shape index (κ3) is 3.61. The van der Waals surface area contributed by atoms with Gasteiger partial charge in [0.1, 0.15) is 0 Å². The molecule has 0 amide bonds. The Hall–Kier alpha value is -0.380. The average Bonchev–Trinajstić information content (AvgIpc) is 3.08. The van der Waals surface area contributed by atoms with E-state index in [1.807, 2.05) is 6.92 Å². The van der Waals surface area contributed by atoms with Crippen LogP contribution in [0.4, 0.5) is 0 Å². The van der Waals surface area contributed by atoms with E-state index in [1.54, 1.807) is 0 Å². The number of hydrogen-bond donors (Lipinski definition) is 3. The summed E-state index contributed by atoms with van der Waals surface area (Å²) in [6, 6.07) is 0. The molecule has 0 saturated heterocycles. The van der Waals surface area contributed by atoms with Gasteiger partial charge in [-0.1, -0.05) is 46.3 Å². The van der Waals surface area contributed by atoms with Gasteiger partial charge in [-0.25, -0.2) is 0 Å². The number of aliphatic hydroxyl groups excluding tert-OH is 2. The normalized spacial score (nSPS) is 50.5. The zero-order valence-corrected chi connectivity index (χ0v) is 22.7. The summed E-state index contributed by atoms with van der Waals surface area (Å²) in [5.41, 5.74) is 0.885. The highest BCUT2D eigenvalue weighted by molar-refractivity contribution is 5.20. The van der Waals surface area contributed by atoms with E-state index in [1.165, 1.54) is 18.4 Å². The minimum atomic E-state index is -0.739. The van der Waals surface area contributed by atoms with Crippen molar-refractivity contribution in [2.75, 3.05) is 0 Å². The molecule has 10 atom stereocenters. The van der Waals surface area contributed by atoms with Crippen LogP contribution in [-0.2, 0) is 0 Å². The maximum absolute atomic E-state index is 11.8. The third-order valence-corrected chi connectivity index (χ3v) is 12.4. The van der Waals surface area contributed by atoms with Crippen LogP contribution in [-0.4, -0.2) is 33.1 Å². The van der Waals surface area contributed by atoms with E-state index in [2.05, 4.69) is 54.5 Å². The fourth-order valence-electron chi connectivity index (χ4n) is 10.3. The highest BCUT2D eigenvalue weighted by atomic mass is 16.3. The predicted octanol–water partition coefficient (Wildman–Crippen LogP) is 6.50. The highest BCUT2D eigenvalue weighted by Gasteiger charge is 2.71. The fourth-order valence-corrected chi connectivity index (χ4v) is 10.3. The van der Waals surface area contributed by atoms with Crippen molar-refractivity contribution in [1.29, 1.82) is 0 Å². The summed E-state index contributed by atoms with van der Waals surface area (Å²) in [5, 5.41) is 34.3. The molecule has 3 nitrogen and oxygen atoms in total. The van der Waals surface area contributed by atoms with Gasteiger partial charge in [-0.2, -0.15) is 0 Å². The summed E-state index contributed by atoms with van der Waals surface area (Å²) in [7, 11) is 0. The average molecular weight is 461 g/mol. The van der Waals surface area contributed by atoms with E-state index in [-0.39, 0.29) is 45.7 Å². The van der Waals surface area contributed by atoms with Crippen molar-refractivity contribution in [3.05, 3.63) is 11.6 Å². The molecule has 4 fully saturated rings. The molecule has 0 spiro atoms. The van der Waals surface area contributed by atoms with Gasteiger partial charge in [-0.3, -0.25) is 0 Å². The Balaban J connectivity index is 1.66. The number of allylic oxidation sites excluding steroid dienone is 2. The summed E-state index contributed by atoms with van der Waals surface area (Å²) in [6.07, 6.45) is 10.6. The smallest absolute Gasteiger partial charge is 0.0654 e. The van der Waals surface area contributed by atoms with Gasteiger partial charge in [-0.05, 0) is 124 Å². The van der Waals surface area contributed by atoms with Gasteiger partial charge in [0, 0.05) is 0 Å². The van der Waals surface area contributed by atoms with Gasteiger partial charge in [0.2, 0.25) is 0 Å². The van der Waals surface area contributed by atoms with Crippen molar-refractivity contribution in [2.45, 2.75) is 131 Å². The lowest BCUT2D eigenvalue weighted by Gasteiger charge is -2.70. The van der Waals surface area contributed by atoms with Crippen LogP contribution < -0.4 is 0 Å². The van der Waals surface area contributed by atoms with Crippen LogP contribution in [0.25, 0.3) is 0 Å². The SMILES string of the molecule is CC(C)=CCC[C@@](C)(O)C1CC[C@]2(C)C1[C@H](O)CC1[C@@]3(C)CC[C@H](O)C(C)(C)C3CC[C@]12C. The number of aliphatic hydroxyl groups is 3. The van der Waals surface area contributed by atoms with Crippen molar-refractivity contribution >= 4 is 0 Å². The van der Waals surface area contributed by atoms with Crippen LogP contribution in [0.2, 0.25) is 0 Å². The first-order valence-electron chi connectivity index (χ1n) is 13.8. The first kappa shape index (κ1) is 25.7. The quantitative estimate of drug-likeness (QED) is 0.420. The Morgan fingerprint density at radius 2 is 1.55 bits per heavy atom. The Morgan fingerprint density at radius 3 is 2.18 bits per heavy atom. The van der Waals surface area contributed by atoms with Crippen LogP contribution in [0.1, 0.15) is 113 Å².